The number of pyridine rings is 2. The van der Waals surface area contributed by atoms with Crippen LogP contribution in [-0.4, -0.2) is 60.7 Å². The highest BCUT2D eigenvalue weighted by Crippen LogP contribution is 2.39. The summed E-state index contributed by atoms with van der Waals surface area (Å²) in [6.07, 6.45) is 2.40. The largest absolute Gasteiger partial charge is 0.468 e. The Bertz CT molecular complexity index is 951. The van der Waals surface area contributed by atoms with Gasteiger partial charge in [-0.25, -0.2) is 14.8 Å². The van der Waals surface area contributed by atoms with Crippen molar-refractivity contribution in [2.75, 3.05) is 41.9 Å². The lowest BCUT2D eigenvalue weighted by Gasteiger charge is -2.35. The zero-order valence-corrected chi connectivity index (χ0v) is 15.8. The predicted octanol–water partition coefficient (Wildman–Crippen LogP) is 1.01. The van der Waals surface area contributed by atoms with Crippen LogP contribution < -0.4 is 20.4 Å². The van der Waals surface area contributed by atoms with Crippen molar-refractivity contribution in [3.8, 4) is 0 Å². The third kappa shape index (κ3) is 3.68. The van der Waals surface area contributed by atoms with Crippen molar-refractivity contribution < 1.29 is 19.1 Å². The Morgan fingerprint density at radius 2 is 2.10 bits per heavy atom. The van der Waals surface area contributed by atoms with E-state index in [1.54, 1.807) is 41.4 Å². The second kappa shape index (κ2) is 7.74. The molecule has 2 aliphatic rings. The van der Waals surface area contributed by atoms with Crippen LogP contribution in [0.15, 0.2) is 36.5 Å². The fourth-order valence-electron chi connectivity index (χ4n) is 3.52. The number of nitrogens with one attached hydrogen (secondary N) is 2. The summed E-state index contributed by atoms with van der Waals surface area (Å²) < 4.78 is 4.52. The van der Waals surface area contributed by atoms with Crippen molar-refractivity contribution in [2.24, 2.45) is 0 Å². The Balaban J connectivity index is 1.61. The highest BCUT2D eigenvalue weighted by Gasteiger charge is 2.40. The molecular weight excluding hydrogens is 376 g/mol. The highest BCUT2D eigenvalue weighted by molar-refractivity contribution is 6.05. The molecule has 0 spiro atoms. The summed E-state index contributed by atoms with van der Waals surface area (Å²) in [5.41, 5.74) is 0.908. The average Bonchev–Trinajstić information content (AvgIpc) is 3.16. The number of carbonyl (C=O) groups excluding carboxylic acids is 3. The van der Waals surface area contributed by atoms with Gasteiger partial charge in [-0.15, -0.1) is 0 Å². The van der Waals surface area contributed by atoms with Gasteiger partial charge in [0.2, 0.25) is 0 Å². The van der Waals surface area contributed by atoms with Gasteiger partial charge in [-0.1, -0.05) is 6.07 Å². The molecular formula is C19H20N6O4. The number of anilines is 3. The number of nitrogens with zero attached hydrogens (tertiary/aromatic N) is 4. The smallest absolute Gasteiger partial charge is 0.329 e. The van der Waals surface area contributed by atoms with Crippen molar-refractivity contribution in [1.29, 1.82) is 0 Å². The van der Waals surface area contributed by atoms with E-state index in [-0.39, 0.29) is 24.3 Å². The molecule has 150 valence electrons. The number of aromatic nitrogens is 2. The Hall–Kier alpha value is -3.69. The second-order valence-electron chi connectivity index (χ2n) is 6.70. The maximum Gasteiger partial charge on any atom is 0.329 e. The molecule has 1 fully saturated rings. The number of fused-ring (bicyclic) bond motifs is 4. The maximum atomic E-state index is 13.0. The highest BCUT2D eigenvalue weighted by atomic mass is 16.5. The molecule has 3 amide bonds. The number of amides is 3. The summed E-state index contributed by atoms with van der Waals surface area (Å²) in [6.45, 7) is 1.26. The topological polar surface area (TPSA) is 117 Å². The second-order valence-corrected chi connectivity index (χ2v) is 6.70. The molecule has 4 rings (SSSR count). The van der Waals surface area contributed by atoms with E-state index in [0.717, 1.165) is 18.7 Å². The van der Waals surface area contributed by atoms with Gasteiger partial charge in [0.25, 0.3) is 5.91 Å². The van der Waals surface area contributed by atoms with Crippen LogP contribution in [-0.2, 0) is 9.53 Å². The fraction of sp³-hybridized carbons (Fsp3) is 0.316. The van der Waals surface area contributed by atoms with Gasteiger partial charge in [0.05, 0.1) is 18.8 Å². The van der Waals surface area contributed by atoms with Gasteiger partial charge in [-0.3, -0.25) is 19.8 Å². The molecule has 1 atom stereocenters. The normalized spacial score (nSPS) is 16.8. The summed E-state index contributed by atoms with van der Waals surface area (Å²) in [7, 11) is 1.24. The monoisotopic (exact) mass is 396 g/mol. The van der Waals surface area contributed by atoms with Crippen LogP contribution in [0.1, 0.15) is 16.9 Å². The maximum absolute atomic E-state index is 13.0. The van der Waals surface area contributed by atoms with Crippen molar-refractivity contribution >= 4 is 35.2 Å². The minimum absolute atomic E-state index is 0.0490. The first-order valence-corrected chi connectivity index (χ1v) is 9.19. The number of rotatable bonds is 4. The van der Waals surface area contributed by atoms with Crippen molar-refractivity contribution in [2.45, 2.75) is 12.5 Å². The van der Waals surface area contributed by atoms with E-state index in [4.69, 9.17) is 0 Å². The molecule has 10 nitrogen and oxygen atoms in total. The van der Waals surface area contributed by atoms with Crippen molar-refractivity contribution in [3.63, 3.8) is 0 Å². The molecule has 4 heterocycles. The molecule has 0 aromatic carbocycles. The lowest BCUT2D eigenvalue weighted by atomic mass is 10.1. The lowest BCUT2D eigenvalue weighted by Crippen LogP contribution is -2.48. The quantitative estimate of drug-likeness (QED) is 0.741. The van der Waals surface area contributed by atoms with Crippen LogP contribution >= 0.6 is 0 Å². The zero-order chi connectivity index (χ0) is 20.4. The third-order valence-electron chi connectivity index (χ3n) is 4.92. The van der Waals surface area contributed by atoms with E-state index < -0.39 is 11.9 Å². The Morgan fingerprint density at radius 3 is 2.86 bits per heavy atom. The molecule has 0 aliphatic carbocycles. The summed E-state index contributed by atoms with van der Waals surface area (Å²) in [6, 6.07) is 8.21. The first-order chi connectivity index (χ1) is 14.1. The summed E-state index contributed by atoms with van der Waals surface area (Å²) in [5.74, 6) is -0.225. The van der Waals surface area contributed by atoms with Crippen LogP contribution in [0, 0.1) is 0 Å². The van der Waals surface area contributed by atoms with Crippen molar-refractivity contribution in [1.82, 2.24) is 15.3 Å². The molecule has 2 aliphatic heterocycles. The number of esters is 1. The third-order valence-corrected chi connectivity index (χ3v) is 4.92. The molecule has 10 heteroatoms. The number of carbonyl (C=O) groups is 3. The van der Waals surface area contributed by atoms with Crippen LogP contribution in [0.25, 0.3) is 0 Å². The van der Waals surface area contributed by atoms with E-state index in [1.165, 1.54) is 7.11 Å². The van der Waals surface area contributed by atoms with Gasteiger partial charge >= 0.3 is 12.0 Å². The number of hydrogen-bond acceptors (Lipinski definition) is 7. The Kier molecular flexibility index (Phi) is 4.98. The summed E-state index contributed by atoms with van der Waals surface area (Å²) >= 11 is 0. The number of urea groups is 1. The summed E-state index contributed by atoms with van der Waals surface area (Å²) in [5, 5.41) is 5.25. The molecule has 2 aromatic rings. The molecule has 0 radical (unpaired) electrons. The van der Waals surface area contributed by atoms with Gasteiger partial charge in [0.15, 0.2) is 5.82 Å². The Morgan fingerprint density at radius 1 is 1.24 bits per heavy atom. The summed E-state index contributed by atoms with van der Waals surface area (Å²) in [4.78, 5) is 48.9. The number of methoxy groups -OCH3 is 1. The molecule has 2 bridgehead atoms. The van der Waals surface area contributed by atoms with Gasteiger partial charge in [0.1, 0.15) is 18.1 Å². The van der Waals surface area contributed by atoms with E-state index in [1.807, 2.05) is 0 Å². The van der Waals surface area contributed by atoms with Gasteiger partial charge in [-0.2, -0.15) is 0 Å². The minimum atomic E-state index is -0.558. The molecule has 0 saturated carbocycles. The molecule has 2 N–H and O–H groups in total. The molecule has 29 heavy (non-hydrogen) atoms. The zero-order valence-electron chi connectivity index (χ0n) is 15.8. The first-order valence-electron chi connectivity index (χ1n) is 9.19. The fourth-order valence-corrected chi connectivity index (χ4v) is 3.52. The SMILES string of the molecule is COC(=O)CNC(=O)c1ccc2c(n1)N(C(=O)Nc1ccccn1)C1CCN2C1. The van der Waals surface area contributed by atoms with Gasteiger partial charge in [-0.05, 0) is 30.7 Å². The van der Waals surface area contributed by atoms with Crippen LogP contribution in [0.3, 0.4) is 0 Å². The predicted molar refractivity (Wildman–Crippen MR) is 105 cm³/mol. The average molecular weight is 396 g/mol. The molecule has 2 aromatic heterocycles. The first kappa shape index (κ1) is 18.7. The number of hydrogen-bond donors (Lipinski definition) is 2. The van der Waals surface area contributed by atoms with Crippen LogP contribution in [0.2, 0.25) is 0 Å². The van der Waals surface area contributed by atoms with E-state index in [9.17, 15) is 14.4 Å². The van der Waals surface area contributed by atoms with Gasteiger partial charge in [0, 0.05) is 19.3 Å². The molecule has 1 unspecified atom stereocenters. The van der Waals surface area contributed by atoms with E-state index >= 15 is 0 Å². The van der Waals surface area contributed by atoms with Gasteiger partial charge < -0.3 is 15.0 Å². The lowest BCUT2D eigenvalue weighted by molar-refractivity contribution is -0.139. The van der Waals surface area contributed by atoms with E-state index in [0.29, 0.717) is 18.2 Å². The standard InChI is InChI=1S/C19H20N6O4/c1-29-16(26)10-21-18(27)13-5-6-14-17(22-13)25(12-7-9-24(14)11-12)19(28)23-15-4-2-3-8-20-15/h2-6,8,12H,7,9-11H2,1H3,(H,21,27)(H,20,23,28). The number of ether oxygens (including phenoxy) is 1. The van der Waals surface area contributed by atoms with Crippen molar-refractivity contribution in [3.05, 3.63) is 42.2 Å². The van der Waals surface area contributed by atoms with Crippen LogP contribution in [0.5, 0.6) is 0 Å². The minimum Gasteiger partial charge on any atom is -0.468 e. The Labute approximate surface area is 166 Å². The van der Waals surface area contributed by atoms with Crippen LogP contribution in [0.4, 0.5) is 22.1 Å². The van der Waals surface area contributed by atoms with E-state index in [2.05, 4.69) is 30.2 Å². The molecule has 1 saturated heterocycles.